The van der Waals surface area contributed by atoms with E-state index in [4.69, 9.17) is 5.11 Å². The maximum atomic E-state index is 10.8. The Morgan fingerprint density at radius 2 is 1.47 bits per heavy atom. The Hall–Kier alpha value is -2.63. The molecule has 0 saturated heterocycles. The van der Waals surface area contributed by atoms with Gasteiger partial charge in [0.05, 0.1) is 0 Å². The number of benzene rings is 2. The summed E-state index contributed by atoms with van der Waals surface area (Å²) < 4.78 is 0. The van der Waals surface area contributed by atoms with Crippen LogP contribution in [0.25, 0.3) is 10.8 Å². The fraction of sp³-hybridized carbons (Fsp3) is 0. The molecule has 0 bridgehead atoms. The van der Waals surface area contributed by atoms with Crippen LogP contribution < -0.4 is 0 Å². The van der Waals surface area contributed by atoms with Gasteiger partial charge in [-0.3, -0.25) is 0 Å². The molecule has 0 aliphatic rings. The molecule has 0 heterocycles. The SMILES string of the molecule is O=C(O)c1cc2c(O)c(O)c(O)cc2cc1O. The van der Waals surface area contributed by atoms with Crippen molar-refractivity contribution in [1.29, 1.82) is 0 Å². The number of carbonyl (C=O) groups is 1. The Morgan fingerprint density at radius 1 is 0.882 bits per heavy atom. The third-order valence-electron chi connectivity index (χ3n) is 2.41. The lowest BCUT2D eigenvalue weighted by Crippen LogP contribution is -1.96. The van der Waals surface area contributed by atoms with Crippen LogP contribution in [0, 0.1) is 0 Å². The lowest BCUT2D eigenvalue weighted by atomic mass is 10.0. The number of hydrogen-bond acceptors (Lipinski definition) is 5. The summed E-state index contributed by atoms with van der Waals surface area (Å²) in [6.07, 6.45) is 0. The topological polar surface area (TPSA) is 118 Å². The quantitative estimate of drug-likeness (QED) is 0.477. The predicted octanol–water partition coefficient (Wildman–Crippen LogP) is 1.36. The largest absolute Gasteiger partial charge is 0.507 e. The first-order valence-electron chi connectivity index (χ1n) is 4.55. The molecule has 0 spiro atoms. The summed E-state index contributed by atoms with van der Waals surface area (Å²) in [5.41, 5.74) is -0.405. The number of phenols is 4. The highest BCUT2D eigenvalue weighted by Gasteiger charge is 2.16. The third-order valence-corrected chi connectivity index (χ3v) is 2.41. The van der Waals surface area contributed by atoms with Crippen molar-refractivity contribution in [3.63, 3.8) is 0 Å². The van der Waals surface area contributed by atoms with Gasteiger partial charge in [-0.2, -0.15) is 0 Å². The molecule has 0 unspecified atom stereocenters. The van der Waals surface area contributed by atoms with Gasteiger partial charge in [-0.1, -0.05) is 0 Å². The number of rotatable bonds is 1. The normalized spacial score (nSPS) is 10.6. The first kappa shape index (κ1) is 10.9. The zero-order valence-corrected chi connectivity index (χ0v) is 8.38. The summed E-state index contributed by atoms with van der Waals surface area (Å²) >= 11 is 0. The molecule has 2 aromatic rings. The van der Waals surface area contributed by atoms with Crippen molar-refractivity contribution in [2.45, 2.75) is 0 Å². The van der Waals surface area contributed by atoms with Gasteiger partial charge in [0.15, 0.2) is 11.5 Å². The third kappa shape index (κ3) is 1.55. The second-order valence-corrected chi connectivity index (χ2v) is 3.49. The van der Waals surface area contributed by atoms with Gasteiger partial charge in [0.1, 0.15) is 11.3 Å². The van der Waals surface area contributed by atoms with Gasteiger partial charge < -0.3 is 25.5 Å². The Morgan fingerprint density at radius 3 is 2.06 bits per heavy atom. The first-order chi connectivity index (χ1) is 7.91. The fourth-order valence-electron chi connectivity index (χ4n) is 1.56. The highest BCUT2D eigenvalue weighted by atomic mass is 16.4. The minimum absolute atomic E-state index is 0.0236. The van der Waals surface area contributed by atoms with Gasteiger partial charge in [-0.15, -0.1) is 0 Å². The van der Waals surface area contributed by atoms with Crippen LogP contribution in [0.15, 0.2) is 18.2 Å². The van der Waals surface area contributed by atoms with Crippen molar-refractivity contribution in [2.24, 2.45) is 0 Å². The second kappa shape index (κ2) is 3.44. The van der Waals surface area contributed by atoms with Crippen LogP contribution in [-0.4, -0.2) is 31.5 Å². The standard InChI is InChI=1S/C11H8O6/c12-7-1-4-2-8(13)10(15)9(14)5(4)3-6(7)11(16)17/h1-3,12-15H,(H,16,17). The van der Waals surface area contributed by atoms with E-state index in [0.29, 0.717) is 0 Å². The van der Waals surface area contributed by atoms with Crippen molar-refractivity contribution in [2.75, 3.05) is 0 Å². The van der Waals surface area contributed by atoms with Crippen molar-refractivity contribution >= 4 is 16.7 Å². The molecule has 6 nitrogen and oxygen atoms in total. The van der Waals surface area contributed by atoms with E-state index in [0.717, 1.165) is 18.2 Å². The maximum absolute atomic E-state index is 10.8. The molecular weight excluding hydrogens is 228 g/mol. The molecule has 0 amide bonds. The highest BCUT2D eigenvalue weighted by molar-refractivity contribution is 6.01. The molecule has 0 radical (unpaired) electrons. The number of aromatic carboxylic acids is 1. The van der Waals surface area contributed by atoms with Gasteiger partial charge in [0, 0.05) is 5.39 Å². The molecule has 2 aromatic carbocycles. The maximum Gasteiger partial charge on any atom is 0.339 e. The Bertz CT molecular complexity index is 632. The molecule has 88 valence electrons. The van der Waals surface area contributed by atoms with Gasteiger partial charge in [0.25, 0.3) is 0 Å². The van der Waals surface area contributed by atoms with Gasteiger partial charge in [0.2, 0.25) is 5.75 Å². The van der Waals surface area contributed by atoms with Gasteiger partial charge in [-0.25, -0.2) is 4.79 Å². The number of carboxylic acid groups (broad SMARTS) is 1. The summed E-state index contributed by atoms with van der Waals surface area (Å²) in [4.78, 5) is 10.8. The minimum atomic E-state index is -1.36. The number of aromatic hydroxyl groups is 4. The molecule has 2 rings (SSSR count). The molecule has 6 heteroatoms. The van der Waals surface area contributed by atoms with E-state index in [1.165, 1.54) is 0 Å². The van der Waals surface area contributed by atoms with E-state index in [2.05, 4.69) is 0 Å². The van der Waals surface area contributed by atoms with E-state index in [1.807, 2.05) is 0 Å². The Kier molecular flexibility index (Phi) is 2.20. The van der Waals surface area contributed by atoms with Gasteiger partial charge >= 0.3 is 5.97 Å². The number of fused-ring (bicyclic) bond motifs is 1. The summed E-state index contributed by atoms with van der Waals surface area (Å²) in [7, 11) is 0. The van der Waals surface area contributed by atoms with Crippen molar-refractivity contribution in [1.82, 2.24) is 0 Å². The fourth-order valence-corrected chi connectivity index (χ4v) is 1.56. The van der Waals surface area contributed by atoms with Crippen LogP contribution in [-0.2, 0) is 0 Å². The summed E-state index contributed by atoms with van der Waals surface area (Å²) in [6.45, 7) is 0. The van der Waals surface area contributed by atoms with E-state index in [1.54, 1.807) is 0 Å². The van der Waals surface area contributed by atoms with Gasteiger partial charge in [-0.05, 0) is 23.6 Å². The molecule has 0 aliphatic carbocycles. The minimum Gasteiger partial charge on any atom is -0.507 e. The van der Waals surface area contributed by atoms with Crippen LogP contribution in [0.2, 0.25) is 0 Å². The number of hydrogen-bond donors (Lipinski definition) is 5. The van der Waals surface area contributed by atoms with E-state index < -0.39 is 34.5 Å². The molecule has 0 aromatic heterocycles. The zero-order valence-electron chi connectivity index (χ0n) is 8.38. The van der Waals surface area contributed by atoms with Crippen LogP contribution in [0.1, 0.15) is 10.4 Å². The first-order valence-corrected chi connectivity index (χ1v) is 4.55. The number of phenolic OH excluding ortho intramolecular Hbond substituents is 3. The van der Waals surface area contributed by atoms with Crippen LogP contribution in [0.4, 0.5) is 0 Å². The van der Waals surface area contributed by atoms with Crippen molar-refractivity contribution in [3.05, 3.63) is 23.8 Å². The Balaban J connectivity index is 2.89. The average Bonchev–Trinajstić information content (AvgIpc) is 2.25. The van der Waals surface area contributed by atoms with E-state index in [-0.39, 0.29) is 10.8 Å². The molecule has 0 fully saturated rings. The van der Waals surface area contributed by atoms with Crippen molar-refractivity contribution < 1.29 is 30.3 Å². The average molecular weight is 236 g/mol. The van der Waals surface area contributed by atoms with Crippen LogP contribution in [0.5, 0.6) is 23.0 Å². The molecular formula is C11H8O6. The lowest BCUT2D eigenvalue weighted by Gasteiger charge is -2.07. The van der Waals surface area contributed by atoms with Crippen LogP contribution >= 0.6 is 0 Å². The molecule has 17 heavy (non-hydrogen) atoms. The summed E-state index contributed by atoms with van der Waals surface area (Å²) in [5, 5.41) is 46.5. The summed E-state index contributed by atoms with van der Waals surface area (Å²) in [5.74, 6) is -3.79. The summed E-state index contributed by atoms with van der Waals surface area (Å²) in [6, 6.07) is 3.20. The predicted molar refractivity (Wildman–Crippen MR) is 57.6 cm³/mol. The second-order valence-electron chi connectivity index (χ2n) is 3.49. The zero-order chi connectivity index (χ0) is 12.7. The van der Waals surface area contributed by atoms with E-state index >= 15 is 0 Å². The lowest BCUT2D eigenvalue weighted by molar-refractivity contribution is 0.0694. The van der Waals surface area contributed by atoms with E-state index in [9.17, 15) is 25.2 Å². The van der Waals surface area contributed by atoms with Crippen molar-refractivity contribution in [3.8, 4) is 23.0 Å². The Labute approximate surface area is 94.6 Å². The molecule has 5 N–H and O–H groups in total. The molecule has 0 aliphatic heterocycles. The smallest absolute Gasteiger partial charge is 0.339 e. The molecule has 0 atom stereocenters. The monoisotopic (exact) mass is 236 g/mol. The highest BCUT2D eigenvalue weighted by Crippen LogP contribution is 2.42. The number of carboxylic acids is 1. The van der Waals surface area contributed by atoms with Crippen LogP contribution in [0.3, 0.4) is 0 Å². The molecule has 0 saturated carbocycles.